The van der Waals surface area contributed by atoms with Gasteiger partial charge in [-0.2, -0.15) is 0 Å². The SMILES string of the molecule is COCCOC(=O)C1=C(C)N=C2SC=C(CC(=O)NCc3ccco3)N2C1c1cc(OC)cc(OC)c1. The Kier molecular flexibility index (Phi) is 8.57. The molecule has 2 aliphatic rings. The van der Waals surface area contributed by atoms with Crippen LogP contribution >= 0.6 is 11.8 Å². The summed E-state index contributed by atoms with van der Waals surface area (Å²) in [6, 6.07) is 8.37. The van der Waals surface area contributed by atoms with Crippen LogP contribution in [0.5, 0.6) is 11.5 Å². The fourth-order valence-corrected chi connectivity index (χ4v) is 5.02. The van der Waals surface area contributed by atoms with Crippen LogP contribution in [0.25, 0.3) is 0 Å². The summed E-state index contributed by atoms with van der Waals surface area (Å²) < 4.78 is 26.8. The van der Waals surface area contributed by atoms with Gasteiger partial charge in [0.05, 0.1) is 57.4 Å². The molecule has 10 nitrogen and oxygen atoms in total. The van der Waals surface area contributed by atoms with Crippen LogP contribution in [0.15, 0.2) is 68.4 Å². The van der Waals surface area contributed by atoms with E-state index >= 15 is 0 Å². The van der Waals surface area contributed by atoms with Crippen LogP contribution in [0.3, 0.4) is 0 Å². The predicted molar refractivity (Wildman–Crippen MR) is 138 cm³/mol. The molecule has 3 heterocycles. The van der Waals surface area contributed by atoms with Gasteiger partial charge < -0.3 is 33.6 Å². The van der Waals surface area contributed by atoms with Gasteiger partial charge in [-0.3, -0.25) is 4.79 Å². The molecule has 37 heavy (non-hydrogen) atoms. The van der Waals surface area contributed by atoms with E-state index in [2.05, 4.69) is 10.3 Å². The van der Waals surface area contributed by atoms with Crippen molar-refractivity contribution in [2.24, 2.45) is 4.99 Å². The third-order valence-electron chi connectivity index (χ3n) is 5.81. The molecular weight excluding hydrogens is 498 g/mol. The summed E-state index contributed by atoms with van der Waals surface area (Å²) in [6.07, 6.45) is 1.64. The Balaban J connectivity index is 1.67. The second kappa shape index (κ2) is 12.0. The zero-order valence-corrected chi connectivity index (χ0v) is 21.9. The highest BCUT2D eigenvalue weighted by Crippen LogP contribution is 2.46. The Hall–Kier alpha value is -3.70. The van der Waals surface area contributed by atoms with Crippen molar-refractivity contribution in [3.05, 3.63) is 70.3 Å². The fraction of sp³-hybridized carbons (Fsp3) is 0.346. The molecule has 1 N–H and O–H groups in total. The van der Waals surface area contributed by atoms with Crippen molar-refractivity contribution in [1.82, 2.24) is 10.2 Å². The van der Waals surface area contributed by atoms with Crippen LogP contribution in [0, 0.1) is 0 Å². The van der Waals surface area contributed by atoms with Crippen molar-refractivity contribution in [2.45, 2.75) is 25.9 Å². The van der Waals surface area contributed by atoms with Crippen LogP contribution in [0.4, 0.5) is 0 Å². The van der Waals surface area contributed by atoms with Gasteiger partial charge in [0.2, 0.25) is 5.91 Å². The molecule has 196 valence electrons. The van der Waals surface area contributed by atoms with Crippen molar-refractivity contribution in [3.8, 4) is 11.5 Å². The number of benzene rings is 1. The highest BCUT2D eigenvalue weighted by atomic mass is 32.2. The normalized spacial score (nSPS) is 16.6. The zero-order chi connectivity index (χ0) is 26.4. The van der Waals surface area contributed by atoms with E-state index in [1.165, 1.54) is 18.9 Å². The number of amides is 1. The first-order chi connectivity index (χ1) is 17.9. The summed E-state index contributed by atoms with van der Waals surface area (Å²) in [6.45, 7) is 2.42. The van der Waals surface area contributed by atoms with E-state index in [1.807, 2.05) is 22.4 Å². The third-order valence-corrected chi connectivity index (χ3v) is 6.70. The topological polar surface area (TPSA) is 112 Å². The monoisotopic (exact) mass is 527 g/mol. The number of thioether (sulfide) groups is 1. The maximum Gasteiger partial charge on any atom is 0.338 e. The molecular formula is C26H29N3O7S. The number of rotatable bonds is 11. The van der Waals surface area contributed by atoms with Crippen molar-refractivity contribution < 1.29 is 33.0 Å². The van der Waals surface area contributed by atoms with Gasteiger partial charge in [0.25, 0.3) is 0 Å². The van der Waals surface area contributed by atoms with E-state index in [0.29, 0.717) is 39.4 Å². The minimum Gasteiger partial charge on any atom is -0.497 e. The lowest BCUT2D eigenvalue weighted by Crippen LogP contribution is -2.38. The van der Waals surface area contributed by atoms with Gasteiger partial charge in [-0.1, -0.05) is 11.8 Å². The van der Waals surface area contributed by atoms with Gasteiger partial charge in [-0.05, 0) is 42.2 Å². The largest absolute Gasteiger partial charge is 0.497 e. The van der Waals surface area contributed by atoms with Gasteiger partial charge in [0.1, 0.15) is 23.9 Å². The van der Waals surface area contributed by atoms with E-state index in [1.54, 1.807) is 45.6 Å². The third kappa shape index (κ3) is 6.00. The van der Waals surface area contributed by atoms with E-state index in [-0.39, 0.29) is 32.1 Å². The standard InChI is InChI=1S/C26H29N3O7S/c1-16-23(25(31)36-9-8-32-2)24(17-10-20(33-3)13-21(11-17)34-4)29-18(15-37-26(29)28-16)12-22(30)27-14-19-6-5-7-35-19/h5-7,10-11,13,15,24H,8-9,12,14H2,1-4H3,(H,27,30). The number of esters is 1. The van der Waals surface area contributed by atoms with E-state index in [0.717, 1.165) is 5.56 Å². The Labute approximate surface area is 219 Å². The molecule has 1 aromatic heterocycles. The quantitative estimate of drug-likeness (QED) is 0.345. The average molecular weight is 528 g/mol. The fourth-order valence-electron chi connectivity index (χ4n) is 4.05. The summed E-state index contributed by atoms with van der Waals surface area (Å²) in [4.78, 5) is 32.7. The summed E-state index contributed by atoms with van der Waals surface area (Å²) >= 11 is 1.40. The molecule has 0 spiro atoms. The molecule has 2 aliphatic heterocycles. The van der Waals surface area contributed by atoms with Crippen LogP contribution in [0.2, 0.25) is 0 Å². The Morgan fingerprint density at radius 3 is 2.54 bits per heavy atom. The first kappa shape index (κ1) is 26.4. The van der Waals surface area contributed by atoms with Crippen molar-refractivity contribution in [2.75, 3.05) is 34.5 Å². The van der Waals surface area contributed by atoms with Crippen molar-refractivity contribution >= 4 is 28.8 Å². The molecule has 0 saturated carbocycles. The number of carbonyl (C=O) groups is 2. The number of nitrogens with one attached hydrogen (secondary N) is 1. The highest BCUT2D eigenvalue weighted by Gasteiger charge is 2.41. The molecule has 0 aliphatic carbocycles. The van der Waals surface area contributed by atoms with Crippen LogP contribution in [0.1, 0.15) is 30.7 Å². The average Bonchev–Trinajstić information content (AvgIpc) is 3.56. The smallest absolute Gasteiger partial charge is 0.338 e. The van der Waals surface area contributed by atoms with Gasteiger partial charge in [-0.25, -0.2) is 9.79 Å². The summed E-state index contributed by atoms with van der Waals surface area (Å²) in [7, 11) is 4.66. The number of furan rings is 1. The summed E-state index contributed by atoms with van der Waals surface area (Å²) in [5.41, 5.74) is 2.32. The van der Waals surface area contributed by atoms with Gasteiger partial charge in [-0.15, -0.1) is 0 Å². The van der Waals surface area contributed by atoms with Gasteiger partial charge in [0.15, 0.2) is 5.17 Å². The molecule has 1 amide bonds. The van der Waals surface area contributed by atoms with Gasteiger partial charge >= 0.3 is 5.97 Å². The molecule has 4 rings (SSSR count). The second-order valence-corrected chi connectivity index (χ2v) is 9.04. The van der Waals surface area contributed by atoms with E-state index < -0.39 is 12.0 Å². The maximum absolute atomic E-state index is 13.3. The maximum atomic E-state index is 13.3. The first-order valence-corrected chi connectivity index (χ1v) is 12.5. The molecule has 0 fully saturated rings. The van der Waals surface area contributed by atoms with E-state index in [9.17, 15) is 9.59 Å². The molecule has 1 unspecified atom stereocenters. The molecule has 1 atom stereocenters. The number of aliphatic imine (C=N–C) groups is 1. The molecule has 0 bridgehead atoms. The minimum absolute atomic E-state index is 0.0788. The molecule has 0 radical (unpaired) electrons. The number of ether oxygens (including phenoxy) is 4. The first-order valence-electron chi connectivity index (χ1n) is 11.6. The predicted octanol–water partition coefficient (Wildman–Crippen LogP) is 3.77. The highest BCUT2D eigenvalue weighted by molar-refractivity contribution is 8.16. The number of hydrogen-bond acceptors (Lipinski definition) is 10. The zero-order valence-electron chi connectivity index (χ0n) is 21.1. The molecule has 11 heteroatoms. The number of allylic oxidation sites excluding steroid dienone is 1. The Morgan fingerprint density at radius 2 is 1.89 bits per heavy atom. The molecule has 0 saturated heterocycles. The van der Waals surface area contributed by atoms with Crippen LogP contribution < -0.4 is 14.8 Å². The van der Waals surface area contributed by atoms with Crippen LogP contribution in [-0.2, 0) is 25.6 Å². The van der Waals surface area contributed by atoms with Crippen LogP contribution in [-0.4, -0.2) is 56.5 Å². The van der Waals surface area contributed by atoms with Gasteiger partial charge in [0, 0.05) is 18.9 Å². The lowest BCUT2D eigenvalue weighted by molar-refractivity contribution is -0.141. The molecule has 1 aromatic carbocycles. The van der Waals surface area contributed by atoms with Crippen molar-refractivity contribution in [3.63, 3.8) is 0 Å². The summed E-state index contributed by atoms with van der Waals surface area (Å²) in [5.74, 6) is 1.09. The van der Waals surface area contributed by atoms with Crippen molar-refractivity contribution in [1.29, 1.82) is 0 Å². The number of hydrogen-bond donors (Lipinski definition) is 1. The number of methoxy groups -OCH3 is 3. The lowest BCUT2D eigenvalue weighted by atomic mass is 9.93. The number of fused-ring (bicyclic) bond motifs is 1. The number of nitrogens with zero attached hydrogens (tertiary/aromatic N) is 2. The molecule has 2 aromatic rings. The lowest BCUT2D eigenvalue weighted by Gasteiger charge is -2.36. The minimum atomic E-state index is -0.620. The number of carbonyl (C=O) groups excluding carboxylic acids is 2. The summed E-state index contributed by atoms with van der Waals surface area (Å²) in [5, 5.41) is 5.40. The Morgan fingerprint density at radius 1 is 1.14 bits per heavy atom. The van der Waals surface area contributed by atoms with E-state index in [4.69, 9.17) is 23.4 Å². The number of amidine groups is 1. The second-order valence-electron chi connectivity index (χ2n) is 8.20. The Bertz CT molecular complexity index is 1210.